The summed E-state index contributed by atoms with van der Waals surface area (Å²) >= 11 is 0. The van der Waals surface area contributed by atoms with Crippen LogP contribution in [0, 0.1) is 11.8 Å². The molecule has 144 valence electrons. The van der Waals surface area contributed by atoms with Crippen LogP contribution in [0.5, 0.6) is 0 Å². The molecule has 2 aromatic rings. The van der Waals surface area contributed by atoms with Crippen molar-refractivity contribution in [2.75, 3.05) is 0 Å². The molecule has 0 fully saturated rings. The van der Waals surface area contributed by atoms with Crippen LogP contribution in [0.2, 0.25) is 0 Å². The highest BCUT2D eigenvalue weighted by molar-refractivity contribution is 5.93. The molecule has 1 aliphatic rings. The maximum atomic E-state index is 4.73. The molecule has 0 aliphatic heterocycles. The largest absolute Gasteiger partial charge is 0.256 e. The van der Waals surface area contributed by atoms with E-state index >= 15 is 0 Å². The van der Waals surface area contributed by atoms with Crippen molar-refractivity contribution >= 4 is 16.3 Å². The summed E-state index contributed by atoms with van der Waals surface area (Å²) in [5.41, 5.74) is 5.43. The molecule has 27 heavy (non-hydrogen) atoms. The smallest absolute Gasteiger partial charge is 0.0743 e. The topological polar surface area (TPSA) is 12.9 Å². The van der Waals surface area contributed by atoms with Crippen molar-refractivity contribution in [2.24, 2.45) is 11.8 Å². The van der Waals surface area contributed by atoms with Crippen LogP contribution in [0.3, 0.4) is 0 Å². The number of benzene rings is 1. The molecule has 1 aromatic carbocycles. The first-order valence-electron chi connectivity index (χ1n) is 10.3. The van der Waals surface area contributed by atoms with Gasteiger partial charge in [-0.05, 0) is 62.5 Å². The Bertz CT molecular complexity index is 831. The quantitative estimate of drug-likeness (QED) is 0.503. The van der Waals surface area contributed by atoms with Gasteiger partial charge in [-0.3, -0.25) is 4.98 Å². The van der Waals surface area contributed by atoms with Crippen molar-refractivity contribution in [1.29, 1.82) is 0 Å². The summed E-state index contributed by atoms with van der Waals surface area (Å²) in [6.07, 6.45) is 12.2. The first-order valence-corrected chi connectivity index (χ1v) is 10.3. The van der Waals surface area contributed by atoms with Crippen LogP contribution in [-0.2, 0) is 0 Å². The minimum absolute atomic E-state index is 0.526. The van der Waals surface area contributed by atoms with E-state index in [2.05, 4.69) is 90.1 Å². The average Bonchev–Trinajstić information content (AvgIpc) is 2.68. The molecule has 1 heteroatoms. The van der Waals surface area contributed by atoms with Crippen molar-refractivity contribution < 1.29 is 0 Å². The fourth-order valence-electron chi connectivity index (χ4n) is 3.24. The molecule has 1 unspecified atom stereocenters. The number of rotatable bonds is 4. The zero-order chi connectivity index (χ0) is 19.8. The van der Waals surface area contributed by atoms with Crippen LogP contribution in [0.1, 0.15) is 66.5 Å². The third-order valence-corrected chi connectivity index (χ3v) is 5.46. The summed E-state index contributed by atoms with van der Waals surface area (Å²) in [6.45, 7) is 13.2. The number of allylic oxidation sites excluding steroid dienone is 6. The lowest BCUT2D eigenvalue weighted by Gasteiger charge is -2.25. The van der Waals surface area contributed by atoms with E-state index in [1.165, 1.54) is 33.9 Å². The van der Waals surface area contributed by atoms with Crippen molar-refractivity contribution in [3.05, 3.63) is 71.6 Å². The molecule has 1 atom stereocenters. The second-order valence-electron chi connectivity index (χ2n) is 7.95. The predicted molar refractivity (Wildman–Crippen MR) is 121 cm³/mol. The zero-order valence-electron chi connectivity index (χ0n) is 17.9. The summed E-state index contributed by atoms with van der Waals surface area (Å²) in [5, 5.41) is 2.52. The molecule has 0 amide bonds. The van der Waals surface area contributed by atoms with Crippen molar-refractivity contribution in [3.8, 4) is 0 Å². The molecule has 0 bridgehead atoms. The van der Waals surface area contributed by atoms with Gasteiger partial charge in [-0.25, -0.2) is 0 Å². The Hall–Kier alpha value is -2.15. The van der Waals surface area contributed by atoms with E-state index in [9.17, 15) is 0 Å². The van der Waals surface area contributed by atoms with Gasteiger partial charge in [-0.15, -0.1) is 0 Å². The van der Waals surface area contributed by atoms with Gasteiger partial charge in [-0.2, -0.15) is 0 Å². The molecule has 1 heterocycles. The Balaban J connectivity index is 0.000000465. The fraction of sp³-hybridized carbons (Fsp3) is 0.423. The van der Waals surface area contributed by atoms with Crippen LogP contribution < -0.4 is 0 Å². The second-order valence-corrected chi connectivity index (χ2v) is 7.95. The van der Waals surface area contributed by atoms with Gasteiger partial charge in [0.1, 0.15) is 0 Å². The number of nitrogens with zero attached hydrogens (tertiary/aromatic N) is 1. The Kier molecular flexibility index (Phi) is 8.03. The molecule has 1 aromatic heterocycles. The molecule has 0 spiro atoms. The van der Waals surface area contributed by atoms with Crippen LogP contribution >= 0.6 is 0 Å². The Morgan fingerprint density at radius 3 is 2.52 bits per heavy atom. The van der Waals surface area contributed by atoms with Gasteiger partial charge in [0, 0.05) is 11.6 Å². The molecule has 0 radical (unpaired) electrons. The summed E-state index contributed by atoms with van der Waals surface area (Å²) < 4.78 is 0. The van der Waals surface area contributed by atoms with E-state index in [1.54, 1.807) is 0 Å². The summed E-state index contributed by atoms with van der Waals surface area (Å²) in [5.74, 6) is 1.41. The van der Waals surface area contributed by atoms with E-state index in [1.807, 2.05) is 6.20 Å². The lowest BCUT2D eigenvalue weighted by molar-refractivity contribution is 0.626. The van der Waals surface area contributed by atoms with Crippen LogP contribution in [0.15, 0.2) is 65.9 Å². The van der Waals surface area contributed by atoms with Crippen LogP contribution in [0.25, 0.3) is 16.3 Å². The van der Waals surface area contributed by atoms with E-state index in [0.29, 0.717) is 5.92 Å². The number of fused-ring (bicyclic) bond motifs is 1. The lowest BCUT2D eigenvalue weighted by Crippen LogP contribution is -2.10. The number of hydrogen-bond acceptors (Lipinski definition) is 1. The third-order valence-electron chi connectivity index (χ3n) is 5.46. The molecule has 0 N–H and O–H groups in total. The van der Waals surface area contributed by atoms with E-state index in [0.717, 1.165) is 24.5 Å². The maximum Gasteiger partial charge on any atom is 0.0743 e. The summed E-state index contributed by atoms with van der Waals surface area (Å²) in [6, 6.07) is 10.6. The standard InChI is InChI=1S/C21H23N.C5H12/c1-4-5-8-18-13-15(2)16(3)14-20(18)21-19-10-7-6-9-17(19)11-12-22-21;1-4-5(2)3/h4-7,9-12,14,18H,8,13H2,1-3H3;5H,4H2,1-3H3. The maximum absolute atomic E-state index is 4.73. The molecular formula is C26H35N. The molecule has 0 saturated heterocycles. The number of hydrogen-bond donors (Lipinski definition) is 0. The Morgan fingerprint density at radius 1 is 1.15 bits per heavy atom. The average molecular weight is 362 g/mol. The van der Waals surface area contributed by atoms with Gasteiger partial charge in [0.05, 0.1) is 5.69 Å². The Labute approximate surface area is 165 Å². The zero-order valence-corrected chi connectivity index (χ0v) is 17.9. The van der Waals surface area contributed by atoms with Crippen LogP contribution in [-0.4, -0.2) is 4.98 Å². The van der Waals surface area contributed by atoms with Gasteiger partial charge in [-0.1, -0.05) is 80.8 Å². The second kappa shape index (κ2) is 10.3. The van der Waals surface area contributed by atoms with Gasteiger partial charge in [0.15, 0.2) is 0 Å². The fourth-order valence-corrected chi connectivity index (χ4v) is 3.24. The van der Waals surface area contributed by atoms with Gasteiger partial charge < -0.3 is 0 Å². The Morgan fingerprint density at radius 2 is 1.85 bits per heavy atom. The molecule has 0 saturated carbocycles. The van der Waals surface area contributed by atoms with E-state index in [4.69, 9.17) is 4.98 Å². The third kappa shape index (κ3) is 5.66. The first kappa shape index (κ1) is 21.2. The molecular weight excluding hydrogens is 326 g/mol. The number of aromatic nitrogens is 1. The highest BCUT2D eigenvalue weighted by Crippen LogP contribution is 2.38. The predicted octanol–water partition coefficient (Wildman–Crippen LogP) is 7.99. The molecule has 1 aliphatic carbocycles. The molecule has 1 nitrogen and oxygen atoms in total. The highest BCUT2D eigenvalue weighted by atomic mass is 14.7. The van der Waals surface area contributed by atoms with E-state index < -0.39 is 0 Å². The van der Waals surface area contributed by atoms with Crippen molar-refractivity contribution in [3.63, 3.8) is 0 Å². The molecule has 3 rings (SSSR count). The first-order chi connectivity index (χ1) is 13.0. The summed E-state index contributed by atoms with van der Waals surface area (Å²) in [4.78, 5) is 4.73. The lowest BCUT2D eigenvalue weighted by atomic mass is 9.80. The van der Waals surface area contributed by atoms with Crippen molar-refractivity contribution in [2.45, 2.75) is 60.8 Å². The van der Waals surface area contributed by atoms with Gasteiger partial charge >= 0.3 is 0 Å². The summed E-state index contributed by atoms with van der Waals surface area (Å²) in [7, 11) is 0. The van der Waals surface area contributed by atoms with E-state index in [-0.39, 0.29) is 0 Å². The highest BCUT2D eigenvalue weighted by Gasteiger charge is 2.22. The van der Waals surface area contributed by atoms with Gasteiger partial charge in [0.25, 0.3) is 0 Å². The number of pyridine rings is 1. The monoisotopic (exact) mass is 361 g/mol. The minimum atomic E-state index is 0.526. The van der Waals surface area contributed by atoms with Crippen LogP contribution in [0.4, 0.5) is 0 Å². The van der Waals surface area contributed by atoms with Gasteiger partial charge in [0.2, 0.25) is 0 Å². The van der Waals surface area contributed by atoms with Crippen molar-refractivity contribution in [1.82, 2.24) is 4.98 Å². The minimum Gasteiger partial charge on any atom is -0.256 e. The normalized spacial score (nSPS) is 17.3. The SMILES string of the molecule is CC=CCC1CC(C)=C(C)C=C1c1nccc2ccccc12.CCC(C)C.